The number of ether oxygens (including phenoxy) is 1. The SMILES string of the molecule is C#CC[C@@H](C)OC(=O)c1cc(NC(C)=O)ccc1C. The van der Waals surface area contributed by atoms with Gasteiger partial charge in [0.25, 0.3) is 0 Å². The third-order valence-electron chi connectivity index (χ3n) is 2.49. The number of aryl methyl sites for hydroxylation is 1. The summed E-state index contributed by atoms with van der Waals surface area (Å²) in [5, 5.41) is 2.63. The van der Waals surface area contributed by atoms with Gasteiger partial charge in [-0.3, -0.25) is 4.79 Å². The molecule has 0 saturated carbocycles. The van der Waals surface area contributed by atoms with Crippen LogP contribution in [-0.4, -0.2) is 18.0 Å². The highest BCUT2D eigenvalue weighted by atomic mass is 16.5. The smallest absolute Gasteiger partial charge is 0.338 e. The minimum atomic E-state index is -0.438. The van der Waals surface area contributed by atoms with Gasteiger partial charge in [-0.2, -0.15) is 0 Å². The van der Waals surface area contributed by atoms with Gasteiger partial charge in [0, 0.05) is 19.0 Å². The van der Waals surface area contributed by atoms with Gasteiger partial charge in [0.05, 0.1) is 5.56 Å². The van der Waals surface area contributed by atoms with Crippen LogP contribution in [0.1, 0.15) is 36.2 Å². The van der Waals surface area contributed by atoms with E-state index in [-0.39, 0.29) is 12.0 Å². The molecule has 0 heterocycles. The summed E-state index contributed by atoms with van der Waals surface area (Å²) in [4.78, 5) is 23.0. The molecular formula is C15H17NO3. The van der Waals surface area contributed by atoms with Gasteiger partial charge in [0.2, 0.25) is 5.91 Å². The number of anilines is 1. The van der Waals surface area contributed by atoms with E-state index in [1.807, 2.05) is 0 Å². The summed E-state index contributed by atoms with van der Waals surface area (Å²) >= 11 is 0. The van der Waals surface area contributed by atoms with Crippen LogP contribution < -0.4 is 5.32 Å². The maximum atomic E-state index is 12.0. The minimum absolute atomic E-state index is 0.191. The molecule has 0 radical (unpaired) electrons. The average molecular weight is 259 g/mol. The molecule has 1 amide bonds. The molecule has 0 aliphatic rings. The van der Waals surface area contributed by atoms with Crippen molar-refractivity contribution < 1.29 is 14.3 Å². The van der Waals surface area contributed by atoms with Crippen molar-refractivity contribution >= 4 is 17.6 Å². The van der Waals surface area contributed by atoms with Crippen LogP contribution in [0.5, 0.6) is 0 Å². The Kier molecular flexibility index (Phi) is 5.13. The highest BCUT2D eigenvalue weighted by Gasteiger charge is 2.14. The van der Waals surface area contributed by atoms with Crippen LogP contribution in [0.15, 0.2) is 18.2 Å². The standard InChI is InChI=1S/C15H17NO3/c1-5-6-11(3)19-15(18)14-9-13(16-12(4)17)8-7-10(14)2/h1,7-9,11H,6H2,2-4H3,(H,16,17)/t11-/m1/s1. The zero-order chi connectivity index (χ0) is 14.4. The van der Waals surface area contributed by atoms with E-state index in [9.17, 15) is 9.59 Å². The highest BCUT2D eigenvalue weighted by molar-refractivity contribution is 5.94. The number of carbonyl (C=O) groups excluding carboxylic acids is 2. The fraction of sp³-hybridized carbons (Fsp3) is 0.333. The van der Waals surface area contributed by atoms with Gasteiger partial charge in [-0.05, 0) is 31.5 Å². The van der Waals surface area contributed by atoms with Crippen molar-refractivity contribution in [3.8, 4) is 12.3 Å². The molecule has 4 nitrogen and oxygen atoms in total. The van der Waals surface area contributed by atoms with Crippen molar-refractivity contribution in [2.75, 3.05) is 5.32 Å². The molecule has 100 valence electrons. The van der Waals surface area contributed by atoms with Gasteiger partial charge in [0.15, 0.2) is 0 Å². The molecule has 1 atom stereocenters. The molecule has 0 bridgehead atoms. The second-order valence-corrected chi connectivity index (χ2v) is 4.34. The molecular weight excluding hydrogens is 242 g/mol. The summed E-state index contributed by atoms with van der Waals surface area (Å²) in [6.45, 7) is 4.96. The Bertz CT molecular complexity index is 529. The summed E-state index contributed by atoms with van der Waals surface area (Å²) < 4.78 is 5.22. The largest absolute Gasteiger partial charge is 0.458 e. The van der Waals surface area contributed by atoms with Crippen LogP contribution in [0.2, 0.25) is 0 Å². The first-order valence-corrected chi connectivity index (χ1v) is 5.96. The van der Waals surface area contributed by atoms with Crippen molar-refractivity contribution in [2.24, 2.45) is 0 Å². The van der Waals surface area contributed by atoms with Crippen molar-refractivity contribution in [1.82, 2.24) is 0 Å². The number of terminal acetylenes is 1. The lowest BCUT2D eigenvalue weighted by atomic mass is 10.1. The van der Waals surface area contributed by atoms with Crippen molar-refractivity contribution in [2.45, 2.75) is 33.3 Å². The van der Waals surface area contributed by atoms with Gasteiger partial charge in [-0.15, -0.1) is 12.3 Å². The Labute approximate surface area is 113 Å². The fourth-order valence-electron chi connectivity index (χ4n) is 1.58. The predicted molar refractivity (Wildman–Crippen MR) is 73.8 cm³/mol. The van der Waals surface area contributed by atoms with Gasteiger partial charge in [-0.25, -0.2) is 4.79 Å². The molecule has 1 N–H and O–H groups in total. The van der Waals surface area contributed by atoms with Crippen LogP contribution in [0.4, 0.5) is 5.69 Å². The van der Waals surface area contributed by atoms with Crippen LogP contribution in [0.3, 0.4) is 0 Å². The van der Waals surface area contributed by atoms with Crippen LogP contribution in [0, 0.1) is 19.3 Å². The lowest BCUT2D eigenvalue weighted by Crippen LogP contribution is -2.16. The molecule has 1 rings (SSSR count). The third-order valence-corrected chi connectivity index (χ3v) is 2.49. The first-order chi connectivity index (χ1) is 8.93. The quantitative estimate of drug-likeness (QED) is 0.667. The topological polar surface area (TPSA) is 55.4 Å². The summed E-state index contributed by atoms with van der Waals surface area (Å²) in [6, 6.07) is 5.09. The molecule has 4 heteroatoms. The first kappa shape index (κ1) is 14.8. The van der Waals surface area contributed by atoms with Gasteiger partial charge in [-0.1, -0.05) is 6.07 Å². The van der Waals surface area contributed by atoms with Crippen LogP contribution >= 0.6 is 0 Å². The molecule has 0 aliphatic heterocycles. The molecule has 1 aromatic carbocycles. The van der Waals surface area contributed by atoms with Crippen molar-refractivity contribution in [3.63, 3.8) is 0 Å². The van der Waals surface area contributed by atoms with E-state index >= 15 is 0 Å². The molecule has 0 fully saturated rings. The monoisotopic (exact) mass is 259 g/mol. The lowest BCUT2D eigenvalue weighted by Gasteiger charge is -2.13. The number of nitrogens with one attached hydrogen (secondary N) is 1. The van der Waals surface area contributed by atoms with E-state index < -0.39 is 5.97 Å². The normalized spacial score (nSPS) is 11.3. The molecule has 0 unspecified atom stereocenters. The first-order valence-electron chi connectivity index (χ1n) is 5.96. The maximum Gasteiger partial charge on any atom is 0.338 e. The number of esters is 1. The summed E-state index contributed by atoms with van der Waals surface area (Å²) in [7, 11) is 0. The van der Waals surface area contributed by atoms with E-state index in [0.29, 0.717) is 17.7 Å². The lowest BCUT2D eigenvalue weighted by molar-refractivity contribution is -0.114. The second kappa shape index (κ2) is 6.60. The Hall–Kier alpha value is -2.28. The maximum absolute atomic E-state index is 12.0. The molecule has 0 spiro atoms. The molecule has 1 aromatic rings. The number of hydrogen-bond donors (Lipinski definition) is 1. The Morgan fingerprint density at radius 2 is 2.16 bits per heavy atom. The zero-order valence-corrected chi connectivity index (χ0v) is 11.3. The Morgan fingerprint density at radius 3 is 2.74 bits per heavy atom. The van der Waals surface area contributed by atoms with Crippen LogP contribution in [0.25, 0.3) is 0 Å². The van der Waals surface area contributed by atoms with Crippen LogP contribution in [-0.2, 0) is 9.53 Å². The summed E-state index contributed by atoms with van der Waals surface area (Å²) in [5.74, 6) is 1.81. The molecule has 0 saturated heterocycles. The predicted octanol–water partition coefficient (Wildman–Crippen LogP) is 2.52. The molecule has 19 heavy (non-hydrogen) atoms. The van der Waals surface area contributed by atoms with E-state index in [4.69, 9.17) is 11.2 Å². The zero-order valence-electron chi connectivity index (χ0n) is 11.3. The fourth-order valence-corrected chi connectivity index (χ4v) is 1.58. The third kappa shape index (κ3) is 4.47. The minimum Gasteiger partial charge on any atom is -0.458 e. The van der Waals surface area contributed by atoms with Gasteiger partial charge < -0.3 is 10.1 Å². The summed E-state index contributed by atoms with van der Waals surface area (Å²) in [5.41, 5.74) is 1.77. The van der Waals surface area contributed by atoms with Gasteiger partial charge >= 0.3 is 5.97 Å². The van der Waals surface area contributed by atoms with Crippen molar-refractivity contribution in [1.29, 1.82) is 0 Å². The van der Waals surface area contributed by atoms with E-state index in [1.54, 1.807) is 32.0 Å². The average Bonchev–Trinajstić information content (AvgIpc) is 2.31. The second-order valence-electron chi connectivity index (χ2n) is 4.34. The highest BCUT2D eigenvalue weighted by Crippen LogP contribution is 2.17. The molecule has 0 aliphatic carbocycles. The van der Waals surface area contributed by atoms with E-state index in [1.165, 1.54) is 6.92 Å². The number of benzene rings is 1. The van der Waals surface area contributed by atoms with Crippen molar-refractivity contribution in [3.05, 3.63) is 29.3 Å². The van der Waals surface area contributed by atoms with E-state index in [0.717, 1.165) is 5.56 Å². The summed E-state index contributed by atoms with van der Waals surface area (Å²) in [6.07, 6.45) is 5.20. The number of hydrogen-bond acceptors (Lipinski definition) is 3. The Morgan fingerprint density at radius 1 is 1.47 bits per heavy atom. The number of carbonyl (C=O) groups is 2. The number of amides is 1. The Balaban J connectivity index is 2.89. The number of rotatable bonds is 4. The van der Waals surface area contributed by atoms with E-state index in [2.05, 4.69) is 11.2 Å². The molecule has 0 aromatic heterocycles. The van der Waals surface area contributed by atoms with Gasteiger partial charge in [0.1, 0.15) is 6.10 Å².